The molecule has 0 saturated heterocycles. The zero-order chi connectivity index (χ0) is 14.6. The van der Waals surface area contributed by atoms with Crippen LogP contribution >= 0.6 is 0 Å². The molecule has 0 radical (unpaired) electrons. The van der Waals surface area contributed by atoms with Crippen molar-refractivity contribution in [3.05, 3.63) is 0 Å². The minimum absolute atomic E-state index is 0.244. The quantitative estimate of drug-likeness (QED) is 0.434. The van der Waals surface area contributed by atoms with Gasteiger partial charge in [-0.3, -0.25) is 4.79 Å². The number of ether oxygens (including phenoxy) is 3. The number of carbonyl (C=O) groups is 1. The van der Waals surface area contributed by atoms with E-state index in [9.17, 15) is 4.79 Å². The smallest absolute Gasteiger partial charge is 0.325 e. The highest BCUT2D eigenvalue weighted by Gasteiger charge is 2.33. The highest BCUT2D eigenvalue weighted by molar-refractivity contribution is 5.80. The average Bonchev–Trinajstić information content (AvgIpc) is 2.43. The van der Waals surface area contributed by atoms with Crippen LogP contribution in [0.25, 0.3) is 0 Å². The van der Waals surface area contributed by atoms with Gasteiger partial charge in [-0.1, -0.05) is 13.8 Å². The van der Waals surface area contributed by atoms with Crippen molar-refractivity contribution in [2.45, 2.75) is 45.6 Å². The molecule has 5 nitrogen and oxygen atoms in total. The lowest BCUT2D eigenvalue weighted by Crippen LogP contribution is -2.51. The van der Waals surface area contributed by atoms with Gasteiger partial charge in [0.25, 0.3) is 0 Å². The molecule has 0 heterocycles. The van der Waals surface area contributed by atoms with Gasteiger partial charge in [0.05, 0.1) is 20.3 Å². The van der Waals surface area contributed by atoms with Gasteiger partial charge in [-0.25, -0.2) is 0 Å². The molecule has 0 aliphatic heterocycles. The van der Waals surface area contributed by atoms with Gasteiger partial charge in [-0.2, -0.15) is 0 Å². The summed E-state index contributed by atoms with van der Waals surface area (Å²) in [7, 11) is 1.41. The largest absolute Gasteiger partial charge is 0.468 e. The van der Waals surface area contributed by atoms with E-state index in [0.717, 1.165) is 26.0 Å². The van der Waals surface area contributed by atoms with E-state index < -0.39 is 5.54 Å². The van der Waals surface area contributed by atoms with Gasteiger partial charge in [0.1, 0.15) is 5.54 Å². The second-order valence-corrected chi connectivity index (χ2v) is 4.73. The molecule has 0 aromatic carbocycles. The molecule has 0 rings (SSSR count). The number of hydrogen-bond donors (Lipinski definition) is 1. The SMILES string of the molecule is CCCNC(C)(CCOCCOCCC)C(=O)OC. The van der Waals surface area contributed by atoms with Crippen LogP contribution in [0.5, 0.6) is 0 Å². The van der Waals surface area contributed by atoms with E-state index in [1.54, 1.807) is 0 Å². The Kier molecular flexibility index (Phi) is 10.8. The minimum atomic E-state index is -0.672. The van der Waals surface area contributed by atoms with Crippen molar-refractivity contribution < 1.29 is 19.0 Å². The Hall–Kier alpha value is -0.650. The van der Waals surface area contributed by atoms with E-state index in [0.29, 0.717) is 26.2 Å². The van der Waals surface area contributed by atoms with Gasteiger partial charge in [0.2, 0.25) is 0 Å². The second kappa shape index (κ2) is 11.2. The fourth-order valence-corrected chi connectivity index (χ4v) is 1.63. The van der Waals surface area contributed by atoms with Crippen molar-refractivity contribution in [1.82, 2.24) is 5.32 Å². The molecule has 1 unspecified atom stereocenters. The third-order valence-electron chi connectivity index (χ3n) is 2.87. The van der Waals surface area contributed by atoms with Gasteiger partial charge in [-0.15, -0.1) is 0 Å². The molecule has 0 fully saturated rings. The van der Waals surface area contributed by atoms with Crippen molar-refractivity contribution in [2.24, 2.45) is 0 Å². The van der Waals surface area contributed by atoms with Gasteiger partial charge >= 0.3 is 5.97 Å². The second-order valence-electron chi connectivity index (χ2n) is 4.73. The van der Waals surface area contributed by atoms with Crippen LogP contribution in [0.2, 0.25) is 0 Å². The number of carbonyl (C=O) groups excluding carboxylic acids is 1. The Labute approximate surface area is 117 Å². The van der Waals surface area contributed by atoms with Gasteiger partial charge in [0.15, 0.2) is 0 Å². The van der Waals surface area contributed by atoms with Crippen LogP contribution in [0.15, 0.2) is 0 Å². The Bertz CT molecular complexity index is 235. The summed E-state index contributed by atoms with van der Waals surface area (Å²) in [4.78, 5) is 11.8. The van der Waals surface area contributed by atoms with Crippen LogP contribution < -0.4 is 5.32 Å². The molecule has 0 aliphatic rings. The summed E-state index contributed by atoms with van der Waals surface area (Å²) in [5.41, 5.74) is -0.672. The molecule has 0 spiro atoms. The maximum Gasteiger partial charge on any atom is 0.325 e. The highest BCUT2D eigenvalue weighted by Crippen LogP contribution is 2.12. The van der Waals surface area contributed by atoms with E-state index >= 15 is 0 Å². The van der Waals surface area contributed by atoms with Crippen molar-refractivity contribution in [1.29, 1.82) is 0 Å². The van der Waals surface area contributed by atoms with Crippen molar-refractivity contribution in [3.8, 4) is 0 Å². The van der Waals surface area contributed by atoms with Crippen molar-refractivity contribution in [3.63, 3.8) is 0 Å². The Morgan fingerprint density at radius 3 is 2.21 bits per heavy atom. The molecule has 0 bridgehead atoms. The molecule has 0 aromatic rings. The zero-order valence-electron chi connectivity index (χ0n) is 12.8. The summed E-state index contributed by atoms with van der Waals surface area (Å²) in [5.74, 6) is -0.244. The normalized spacial score (nSPS) is 14.1. The first-order chi connectivity index (χ1) is 9.10. The molecule has 0 aliphatic carbocycles. The zero-order valence-corrected chi connectivity index (χ0v) is 12.8. The van der Waals surface area contributed by atoms with Gasteiger partial charge < -0.3 is 19.5 Å². The predicted molar refractivity (Wildman–Crippen MR) is 75.3 cm³/mol. The Morgan fingerprint density at radius 1 is 1.05 bits per heavy atom. The summed E-state index contributed by atoms with van der Waals surface area (Å²) in [6.45, 7) is 9.21. The monoisotopic (exact) mass is 275 g/mol. The first-order valence-corrected chi connectivity index (χ1v) is 7.09. The van der Waals surface area contributed by atoms with E-state index in [-0.39, 0.29) is 5.97 Å². The number of methoxy groups -OCH3 is 1. The minimum Gasteiger partial charge on any atom is -0.468 e. The number of rotatable bonds is 12. The molecule has 0 saturated carbocycles. The van der Waals surface area contributed by atoms with Crippen LogP contribution in [-0.4, -0.2) is 51.6 Å². The van der Waals surface area contributed by atoms with Gasteiger partial charge in [0, 0.05) is 13.2 Å². The summed E-state index contributed by atoms with van der Waals surface area (Å²) < 4.78 is 15.6. The van der Waals surface area contributed by atoms with Crippen LogP contribution in [0.3, 0.4) is 0 Å². The van der Waals surface area contributed by atoms with E-state index in [4.69, 9.17) is 14.2 Å². The lowest BCUT2D eigenvalue weighted by atomic mass is 9.98. The molecule has 0 amide bonds. The summed E-state index contributed by atoms with van der Waals surface area (Å²) in [5, 5.41) is 3.22. The summed E-state index contributed by atoms with van der Waals surface area (Å²) in [6, 6.07) is 0. The fraction of sp³-hybridized carbons (Fsp3) is 0.929. The molecule has 0 aromatic heterocycles. The van der Waals surface area contributed by atoms with Crippen molar-refractivity contribution >= 4 is 5.97 Å². The Morgan fingerprint density at radius 2 is 1.68 bits per heavy atom. The highest BCUT2D eigenvalue weighted by atomic mass is 16.5. The average molecular weight is 275 g/mol. The lowest BCUT2D eigenvalue weighted by Gasteiger charge is -2.27. The molecular formula is C14H29NO4. The molecule has 5 heteroatoms. The topological polar surface area (TPSA) is 56.8 Å². The van der Waals surface area contributed by atoms with Crippen LogP contribution in [-0.2, 0) is 19.0 Å². The summed E-state index contributed by atoms with van der Waals surface area (Å²) >= 11 is 0. The molecular weight excluding hydrogens is 246 g/mol. The molecule has 1 N–H and O–H groups in total. The fourth-order valence-electron chi connectivity index (χ4n) is 1.63. The standard InChI is InChI=1S/C14H29NO4/c1-5-8-15-14(3,13(16)17-4)7-10-19-12-11-18-9-6-2/h15H,5-12H2,1-4H3. The van der Waals surface area contributed by atoms with E-state index in [1.165, 1.54) is 7.11 Å². The number of nitrogens with one attached hydrogen (secondary N) is 1. The maximum atomic E-state index is 11.8. The third-order valence-corrected chi connectivity index (χ3v) is 2.87. The molecule has 1 atom stereocenters. The van der Waals surface area contributed by atoms with Crippen LogP contribution in [0.4, 0.5) is 0 Å². The molecule has 114 valence electrons. The number of hydrogen-bond acceptors (Lipinski definition) is 5. The maximum absolute atomic E-state index is 11.8. The van der Waals surface area contributed by atoms with Crippen molar-refractivity contribution in [2.75, 3.05) is 40.1 Å². The van der Waals surface area contributed by atoms with Gasteiger partial charge in [-0.05, 0) is 32.7 Å². The van der Waals surface area contributed by atoms with Crippen LogP contribution in [0.1, 0.15) is 40.0 Å². The Balaban J connectivity index is 3.89. The van der Waals surface area contributed by atoms with E-state index in [2.05, 4.69) is 19.2 Å². The first-order valence-electron chi connectivity index (χ1n) is 7.09. The van der Waals surface area contributed by atoms with E-state index in [1.807, 2.05) is 6.92 Å². The third kappa shape index (κ3) is 8.18. The van der Waals surface area contributed by atoms with Crippen LogP contribution in [0, 0.1) is 0 Å². The summed E-state index contributed by atoms with van der Waals surface area (Å²) in [6.07, 6.45) is 2.58. The lowest BCUT2D eigenvalue weighted by molar-refractivity contribution is -0.148. The predicted octanol–water partition coefficient (Wildman–Crippen LogP) is 1.75. The number of esters is 1. The molecule has 19 heavy (non-hydrogen) atoms. The first kappa shape index (κ1) is 18.4.